The maximum Gasteiger partial charge on any atom is 0.337 e. The third-order valence-corrected chi connectivity index (χ3v) is 4.10. The summed E-state index contributed by atoms with van der Waals surface area (Å²) in [7, 11) is 2.77. The molecule has 0 heterocycles. The SMILES string of the molecule is COC(=O)c1ccc(NC(=O)C(=O)NC[C@H](OC)c2ccccc2Cl)cc1. The molecule has 0 saturated heterocycles. The topological polar surface area (TPSA) is 93.7 Å². The Morgan fingerprint density at radius 1 is 1.00 bits per heavy atom. The van der Waals surface area contributed by atoms with Crippen molar-refractivity contribution < 1.29 is 23.9 Å². The van der Waals surface area contributed by atoms with E-state index in [2.05, 4.69) is 15.4 Å². The number of ether oxygens (including phenoxy) is 2. The van der Waals surface area contributed by atoms with E-state index < -0.39 is 23.9 Å². The molecule has 2 aromatic carbocycles. The van der Waals surface area contributed by atoms with E-state index in [4.69, 9.17) is 16.3 Å². The third kappa shape index (κ3) is 5.54. The van der Waals surface area contributed by atoms with Crippen LogP contribution in [0.5, 0.6) is 0 Å². The third-order valence-electron chi connectivity index (χ3n) is 3.75. The molecular weight excluding hydrogens is 372 g/mol. The van der Waals surface area contributed by atoms with Gasteiger partial charge in [0.1, 0.15) is 6.10 Å². The highest BCUT2D eigenvalue weighted by Gasteiger charge is 2.18. The second-order valence-electron chi connectivity index (χ2n) is 5.48. The Morgan fingerprint density at radius 3 is 2.26 bits per heavy atom. The van der Waals surface area contributed by atoms with Gasteiger partial charge in [0.2, 0.25) is 0 Å². The van der Waals surface area contributed by atoms with Gasteiger partial charge in [0.25, 0.3) is 0 Å². The number of nitrogens with one attached hydrogen (secondary N) is 2. The summed E-state index contributed by atoms with van der Waals surface area (Å²) in [6.45, 7) is 0.0771. The number of halogens is 1. The molecule has 0 unspecified atom stereocenters. The zero-order valence-electron chi connectivity index (χ0n) is 14.8. The highest BCUT2D eigenvalue weighted by molar-refractivity contribution is 6.39. The average molecular weight is 391 g/mol. The summed E-state index contributed by atoms with van der Waals surface area (Å²) in [5.41, 5.74) is 1.42. The Labute approximate surface area is 161 Å². The monoisotopic (exact) mass is 390 g/mol. The maximum absolute atomic E-state index is 12.0. The lowest BCUT2D eigenvalue weighted by atomic mass is 10.1. The lowest BCUT2D eigenvalue weighted by molar-refractivity contribution is -0.136. The van der Waals surface area contributed by atoms with Crippen LogP contribution in [0.1, 0.15) is 22.0 Å². The van der Waals surface area contributed by atoms with Crippen LogP contribution in [-0.2, 0) is 19.1 Å². The lowest BCUT2D eigenvalue weighted by Gasteiger charge is -2.17. The normalized spacial score (nSPS) is 11.4. The summed E-state index contributed by atoms with van der Waals surface area (Å²) in [5, 5.41) is 5.47. The molecule has 2 N–H and O–H groups in total. The first-order chi connectivity index (χ1) is 13.0. The van der Waals surface area contributed by atoms with Crippen molar-refractivity contribution in [1.82, 2.24) is 5.32 Å². The van der Waals surface area contributed by atoms with Gasteiger partial charge in [0, 0.05) is 29.9 Å². The van der Waals surface area contributed by atoms with E-state index in [0.29, 0.717) is 21.8 Å². The molecule has 1 atom stereocenters. The first kappa shape index (κ1) is 20.4. The van der Waals surface area contributed by atoms with Gasteiger partial charge in [-0.1, -0.05) is 29.8 Å². The van der Waals surface area contributed by atoms with E-state index in [1.54, 1.807) is 24.3 Å². The first-order valence-corrected chi connectivity index (χ1v) is 8.38. The standard InChI is InChI=1S/C19H19ClN2O5/c1-26-16(14-5-3-4-6-15(14)20)11-21-17(23)18(24)22-13-9-7-12(8-10-13)19(25)27-2/h3-10,16H,11H2,1-2H3,(H,21,23)(H,22,24)/t16-/m0/s1. The zero-order chi connectivity index (χ0) is 19.8. The summed E-state index contributed by atoms with van der Waals surface area (Å²) in [5.74, 6) is -2.15. The van der Waals surface area contributed by atoms with Gasteiger partial charge in [0.05, 0.1) is 12.7 Å². The fourth-order valence-electron chi connectivity index (χ4n) is 2.32. The van der Waals surface area contributed by atoms with Crippen LogP contribution in [0.2, 0.25) is 5.02 Å². The van der Waals surface area contributed by atoms with Crippen molar-refractivity contribution in [3.05, 3.63) is 64.7 Å². The summed E-state index contributed by atoms with van der Waals surface area (Å²) in [4.78, 5) is 35.4. The van der Waals surface area contributed by atoms with Crippen LogP contribution in [0.25, 0.3) is 0 Å². The Hall–Kier alpha value is -2.90. The smallest absolute Gasteiger partial charge is 0.337 e. The molecule has 0 saturated carbocycles. The van der Waals surface area contributed by atoms with E-state index >= 15 is 0 Å². The lowest BCUT2D eigenvalue weighted by Crippen LogP contribution is -2.38. The van der Waals surface area contributed by atoms with Crippen LogP contribution in [0, 0.1) is 0 Å². The summed E-state index contributed by atoms with van der Waals surface area (Å²) in [6.07, 6.45) is -0.491. The minimum Gasteiger partial charge on any atom is -0.465 e. The van der Waals surface area contributed by atoms with Crippen LogP contribution < -0.4 is 10.6 Å². The van der Waals surface area contributed by atoms with Crippen LogP contribution in [-0.4, -0.2) is 38.5 Å². The number of rotatable bonds is 6. The quantitative estimate of drug-likeness (QED) is 0.584. The average Bonchev–Trinajstić information content (AvgIpc) is 2.69. The second-order valence-corrected chi connectivity index (χ2v) is 5.89. The number of amides is 2. The number of hydrogen-bond donors (Lipinski definition) is 2. The fourth-order valence-corrected chi connectivity index (χ4v) is 2.57. The molecule has 0 bridgehead atoms. The van der Waals surface area contributed by atoms with Gasteiger partial charge in [-0.05, 0) is 30.3 Å². The molecule has 2 aromatic rings. The molecule has 0 radical (unpaired) electrons. The molecule has 7 nitrogen and oxygen atoms in total. The highest BCUT2D eigenvalue weighted by atomic mass is 35.5. The van der Waals surface area contributed by atoms with Gasteiger partial charge in [-0.15, -0.1) is 0 Å². The number of carbonyl (C=O) groups is 3. The molecule has 2 rings (SSSR count). The zero-order valence-corrected chi connectivity index (χ0v) is 15.6. The number of benzene rings is 2. The van der Waals surface area contributed by atoms with E-state index in [9.17, 15) is 14.4 Å². The van der Waals surface area contributed by atoms with Crippen LogP contribution in [0.15, 0.2) is 48.5 Å². The molecule has 0 spiro atoms. The van der Waals surface area contributed by atoms with Crippen molar-refractivity contribution in [1.29, 1.82) is 0 Å². The Morgan fingerprint density at radius 2 is 1.67 bits per heavy atom. The molecule has 0 aromatic heterocycles. The minimum absolute atomic E-state index is 0.0771. The van der Waals surface area contributed by atoms with Gasteiger partial charge in [-0.3, -0.25) is 9.59 Å². The van der Waals surface area contributed by atoms with Crippen LogP contribution in [0.3, 0.4) is 0 Å². The van der Waals surface area contributed by atoms with E-state index in [1.807, 2.05) is 0 Å². The molecule has 27 heavy (non-hydrogen) atoms. The Balaban J connectivity index is 1.92. The molecular formula is C19H19ClN2O5. The molecule has 8 heteroatoms. The molecule has 142 valence electrons. The maximum atomic E-state index is 12.0. The number of hydrogen-bond acceptors (Lipinski definition) is 5. The van der Waals surface area contributed by atoms with E-state index in [0.717, 1.165) is 0 Å². The van der Waals surface area contributed by atoms with Gasteiger partial charge < -0.3 is 20.1 Å². The predicted molar refractivity (Wildman–Crippen MR) is 101 cm³/mol. The fraction of sp³-hybridized carbons (Fsp3) is 0.211. The van der Waals surface area contributed by atoms with Gasteiger partial charge in [-0.25, -0.2) is 4.79 Å². The van der Waals surface area contributed by atoms with Crippen LogP contribution >= 0.6 is 11.6 Å². The Bertz CT molecular complexity index is 823. The van der Waals surface area contributed by atoms with Gasteiger partial charge >= 0.3 is 17.8 Å². The summed E-state index contributed by atoms with van der Waals surface area (Å²) >= 11 is 6.12. The van der Waals surface area contributed by atoms with Crippen molar-refractivity contribution in [2.75, 3.05) is 26.1 Å². The van der Waals surface area contributed by atoms with E-state index in [-0.39, 0.29) is 6.54 Å². The molecule has 0 aliphatic rings. The first-order valence-electron chi connectivity index (χ1n) is 8.01. The van der Waals surface area contributed by atoms with Crippen molar-refractivity contribution in [3.63, 3.8) is 0 Å². The predicted octanol–water partition coefficient (Wildman–Crippen LogP) is 2.57. The number of anilines is 1. The number of carbonyl (C=O) groups excluding carboxylic acids is 3. The van der Waals surface area contributed by atoms with Crippen molar-refractivity contribution in [2.45, 2.75) is 6.10 Å². The number of esters is 1. The van der Waals surface area contributed by atoms with Crippen molar-refractivity contribution >= 4 is 35.1 Å². The number of methoxy groups -OCH3 is 2. The molecule has 2 amide bonds. The molecule has 0 aliphatic heterocycles. The second kappa shape index (κ2) is 9.70. The summed E-state index contributed by atoms with van der Waals surface area (Å²) < 4.78 is 9.93. The highest BCUT2D eigenvalue weighted by Crippen LogP contribution is 2.24. The van der Waals surface area contributed by atoms with Crippen molar-refractivity contribution in [3.8, 4) is 0 Å². The van der Waals surface area contributed by atoms with Gasteiger partial charge in [-0.2, -0.15) is 0 Å². The molecule has 0 aliphatic carbocycles. The molecule has 0 fully saturated rings. The Kier molecular flexibility index (Phi) is 7.34. The van der Waals surface area contributed by atoms with Crippen molar-refractivity contribution in [2.24, 2.45) is 0 Å². The van der Waals surface area contributed by atoms with Gasteiger partial charge in [0.15, 0.2) is 0 Å². The van der Waals surface area contributed by atoms with Crippen LogP contribution in [0.4, 0.5) is 5.69 Å². The van der Waals surface area contributed by atoms with E-state index in [1.165, 1.54) is 38.5 Å². The minimum atomic E-state index is -0.838. The summed E-state index contributed by atoms with van der Waals surface area (Å²) in [6, 6.07) is 13.1. The largest absolute Gasteiger partial charge is 0.465 e.